The highest BCUT2D eigenvalue weighted by Crippen LogP contribution is 2.26. The van der Waals surface area contributed by atoms with Crippen LogP contribution in [0.1, 0.15) is 25.7 Å². The lowest BCUT2D eigenvalue weighted by atomic mass is 9.95. The second-order valence-electron chi connectivity index (χ2n) is 2.54. The Kier molecular flexibility index (Phi) is 4.83. The van der Waals surface area contributed by atoms with Crippen LogP contribution in [0.15, 0.2) is 0 Å². The van der Waals surface area contributed by atoms with E-state index in [1.54, 1.807) is 0 Å². The minimum atomic E-state index is 0.325. The Bertz CT molecular complexity index is 87.7. The summed E-state index contributed by atoms with van der Waals surface area (Å²) in [5.41, 5.74) is 0. The summed E-state index contributed by atoms with van der Waals surface area (Å²) in [6.45, 7) is 0. The lowest BCUT2D eigenvalue weighted by Gasteiger charge is -2.26. The molecule has 1 fully saturated rings. The summed E-state index contributed by atoms with van der Waals surface area (Å²) in [4.78, 5) is 0. The van der Waals surface area contributed by atoms with E-state index in [-0.39, 0.29) is 0 Å². The van der Waals surface area contributed by atoms with Crippen molar-refractivity contribution in [3.63, 3.8) is 0 Å². The van der Waals surface area contributed by atoms with Crippen molar-refractivity contribution < 1.29 is 6.13 Å². The van der Waals surface area contributed by atoms with Gasteiger partial charge in [0.15, 0.2) is 0 Å². The molecular formula is C6H10I2O2. The zero-order valence-electron chi connectivity index (χ0n) is 5.56. The van der Waals surface area contributed by atoms with Gasteiger partial charge in [-0.05, 0) is 12.8 Å². The van der Waals surface area contributed by atoms with Gasteiger partial charge in [-0.1, -0.05) is 12.8 Å². The normalized spacial score (nSPS) is 34.2. The molecule has 2 nitrogen and oxygen atoms in total. The largest absolute Gasteiger partial charge is 0.310 e. The maximum atomic E-state index is 5.23. The molecule has 2 unspecified atom stereocenters. The number of rotatable bonds is 2. The monoisotopic (exact) mass is 368 g/mol. The number of halogens is 2. The first-order valence-corrected chi connectivity index (χ1v) is 5.19. The van der Waals surface area contributed by atoms with Crippen molar-refractivity contribution in [3.8, 4) is 0 Å². The highest BCUT2D eigenvalue weighted by atomic mass is 127. The lowest BCUT2D eigenvalue weighted by Crippen LogP contribution is -2.30. The Balaban J connectivity index is 2.34. The van der Waals surface area contributed by atoms with E-state index in [9.17, 15) is 0 Å². The van der Waals surface area contributed by atoms with Crippen LogP contribution in [0.25, 0.3) is 0 Å². The van der Waals surface area contributed by atoms with Crippen LogP contribution in [0.2, 0.25) is 0 Å². The van der Waals surface area contributed by atoms with Crippen LogP contribution in [0.5, 0.6) is 0 Å². The molecule has 1 aliphatic rings. The van der Waals surface area contributed by atoms with E-state index in [1.807, 2.05) is 46.0 Å². The third-order valence-electron chi connectivity index (χ3n) is 1.87. The zero-order valence-corrected chi connectivity index (χ0v) is 9.87. The van der Waals surface area contributed by atoms with Gasteiger partial charge < -0.3 is 6.13 Å². The van der Waals surface area contributed by atoms with Gasteiger partial charge in [-0.25, -0.2) is 0 Å². The topological polar surface area (TPSA) is 18.5 Å². The molecule has 0 aromatic carbocycles. The van der Waals surface area contributed by atoms with Crippen molar-refractivity contribution in [2.75, 3.05) is 0 Å². The average molecular weight is 368 g/mol. The van der Waals surface area contributed by atoms with E-state index in [1.165, 1.54) is 12.8 Å². The molecule has 0 N–H and O–H groups in total. The SMILES string of the molecule is IOC1CCCCC1OI. The molecule has 0 aliphatic heterocycles. The minimum absolute atomic E-state index is 0.325. The molecule has 2 atom stereocenters. The van der Waals surface area contributed by atoms with Gasteiger partial charge in [0.25, 0.3) is 0 Å². The van der Waals surface area contributed by atoms with Gasteiger partial charge in [-0.15, -0.1) is 0 Å². The summed E-state index contributed by atoms with van der Waals surface area (Å²) in [6.07, 6.45) is 5.51. The number of hydrogen-bond donors (Lipinski definition) is 0. The molecule has 0 radical (unpaired) electrons. The molecule has 0 heterocycles. The summed E-state index contributed by atoms with van der Waals surface area (Å²) >= 11 is 3.92. The van der Waals surface area contributed by atoms with E-state index in [2.05, 4.69) is 0 Å². The van der Waals surface area contributed by atoms with E-state index in [4.69, 9.17) is 6.13 Å². The van der Waals surface area contributed by atoms with Gasteiger partial charge in [0.2, 0.25) is 0 Å². The van der Waals surface area contributed by atoms with Crippen LogP contribution >= 0.6 is 46.0 Å². The van der Waals surface area contributed by atoms with Crippen LogP contribution in [0.4, 0.5) is 0 Å². The third-order valence-corrected chi connectivity index (χ3v) is 3.18. The molecule has 0 aromatic rings. The summed E-state index contributed by atoms with van der Waals surface area (Å²) in [7, 11) is 0. The fourth-order valence-corrected chi connectivity index (χ4v) is 2.43. The maximum Gasteiger partial charge on any atom is 0.110 e. The lowest BCUT2D eigenvalue weighted by molar-refractivity contribution is 0.0802. The Hall–Kier alpha value is 1.38. The molecule has 1 saturated carbocycles. The number of hydrogen-bond acceptors (Lipinski definition) is 2. The quantitative estimate of drug-likeness (QED) is 0.698. The first-order valence-electron chi connectivity index (χ1n) is 3.43. The van der Waals surface area contributed by atoms with E-state index in [0.29, 0.717) is 12.2 Å². The van der Waals surface area contributed by atoms with Crippen LogP contribution in [-0.2, 0) is 6.13 Å². The highest BCUT2D eigenvalue weighted by molar-refractivity contribution is 14.1. The first kappa shape index (κ1) is 9.47. The van der Waals surface area contributed by atoms with Gasteiger partial charge >= 0.3 is 0 Å². The van der Waals surface area contributed by atoms with Crippen molar-refractivity contribution in [1.82, 2.24) is 0 Å². The van der Waals surface area contributed by atoms with Crippen molar-refractivity contribution in [2.45, 2.75) is 37.9 Å². The van der Waals surface area contributed by atoms with Crippen LogP contribution in [0.3, 0.4) is 0 Å². The summed E-state index contributed by atoms with van der Waals surface area (Å²) in [6, 6.07) is 0. The van der Waals surface area contributed by atoms with E-state index < -0.39 is 0 Å². The standard InChI is InChI=1S/C6H10I2O2/c7-9-5-3-1-2-4-6(5)10-8/h5-6H,1-4H2. The summed E-state index contributed by atoms with van der Waals surface area (Å²) in [5.74, 6) is 0. The van der Waals surface area contributed by atoms with Crippen molar-refractivity contribution >= 4 is 46.0 Å². The molecule has 0 bridgehead atoms. The van der Waals surface area contributed by atoms with Crippen molar-refractivity contribution in [1.29, 1.82) is 0 Å². The molecule has 0 aromatic heterocycles. The Labute approximate surface area is 89.4 Å². The second-order valence-corrected chi connectivity index (χ2v) is 3.56. The molecular weight excluding hydrogens is 358 g/mol. The summed E-state index contributed by atoms with van der Waals surface area (Å²) in [5, 5.41) is 0. The smallest absolute Gasteiger partial charge is 0.110 e. The van der Waals surface area contributed by atoms with Gasteiger partial charge in [0.05, 0.1) is 12.2 Å². The Morgan fingerprint density at radius 1 is 0.900 bits per heavy atom. The van der Waals surface area contributed by atoms with Gasteiger partial charge in [-0.3, -0.25) is 0 Å². The zero-order chi connectivity index (χ0) is 7.40. The molecule has 0 amide bonds. The molecule has 1 aliphatic carbocycles. The third kappa shape index (κ3) is 2.46. The van der Waals surface area contributed by atoms with Gasteiger partial charge in [0.1, 0.15) is 46.0 Å². The van der Waals surface area contributed by atoms with Crippen molar-refractivity contribution in [2.24, 2.45) is 0 Å². The predicted molar refractivity (Wildman–Crippen MR) is 56.3 cm³/mol. The maximum absolute atomic E-state index is 5.23. The minimum Gasteiger partial charge on any atom is -0.310 e. The summed E-state index contributed by atoms with van der Waals surface area (Å²) < 4.78 is 10.5. The van der Waals surface area contributed by atoms with Crippen LogP contribution in [0, 0.1) is 0 Å². The first-order chi connectivity index (χ1) is 4.88. The van der Waals surface area contributed by atoms with Gasteiger partial charge in [0, 0.05) is 0 Å². The fraction of sp³-hybridized carbons (Fsp3) is 1.00. The molecule has 60 valence electrons. The fourth-order valence-electron chi connectivity index (χ4n) is 1.27. The average Bonchev–Trinajstić information content (AvgIpc) is 2.04. The second kappa shape index (κ2) is 5.10. The van der Waals surface area contributed by atoms with Crippen LogP contribution < -0.4 is 0 Å². The van der Waals surface area contributed by atoms with Crippen molar-refractivity contribution in [3.05, 3.63) is 0 Å². The molecule has 1 rings (SSSR count). The Morgan fingerprint density at radius 2 is 1.30 bits per heavy atom. The Morgan fingerprint density at radius 3 is 1.60 bits per heavy atom. The van der Waals surface area contributed by atoms with Gasteiger partial charge in [-0.2, -0.15) is 0 Å². The predicted octanol–water partition coefficient (Wildman–Crippen LogP) is 3.03. The highest BCUT2D eigenvalue weighted by Gasteiger charge is 2.25. The van der Waals surface area contributed by atoms with E-state index >= 15 is 0 Å². The molecule has 0 saturated heterocycles. The molecule has 0 spiro atoms. The molecule has 10 heavy (non-hydrogen) atoms. The van der Waals surface area contributed by atoms with E-state index in [0.717, 1.165) is 12.8 Å². The molecule has 4 heteroatoms. The van der Waals surface area contributed by atoms with Crippen LogP contribution in [-0.4, -0.2) is 12.2 Å².